The molecule has 0 aliphatic carbocycles. The Morgan fingerprint density at radius 3 is 2.74 bits per heavy atom. The van der Waals surface area contributed by atoms with Gasteiger partial charge in [-0.3, -0.25) is 9.78 Å². The third kappa shape index (κ3) is 4.81. The maximum atomic E-state index is 12.2. The van der Waals surface area contributed by atoms with Gasteiger partial charge >= 0.3 is 0 Å². The van der Waals surface area contributed by atoms with Gasteiger partial charge in [0.25, 0.3) is 0 Å². The van der Waals surface area contributed by atoms with Crippen LogP contribution in [0.2, 0.25) is 0 Å². The minimum Gasteiger partial charge on any atom is -0.291 e. The molecule has 3 heterocycles. The monoisotopic (exact) mass is 368 g/mol. The number of aromatic amines is 1. The summed E-state index contributed by atoms with van der Waals surface area (Å²) < 4.78 is 1.82. The fraction of sp³-hybridized carbons (Fsp3) is 0.500. The molecule has 0 spiro atoms. The topological polar surface area (TPSA) is 115 Å². The molecule has 0 bridgehead atoms. The molecule has 9 heteroatoms. The molecule has 0 atom stereocenters. The highest BCUT2D eigenvalue weighted by Crippen LogP contribution is 2.13. The van der Waals surface area contributed by atoms with Crippen molar-refractivity contribution in [2.75, 3.05) is 0 Å². The van der Waals surface area contributed by atoms with E-state index in [2.05, 4.69) is 42.6 Å². The molecule has 9 nitrogen and oxygen atoms in total. The number of Topliss-reactive ketones (excluding diaryl/α,β-unsaturated/α-hetero) is 1. The summed E-state index contributed by atoms with van der Waals surface area (Å²) in [5.41, 5.74) is 1.62. The summed E-state index contributed by atoms with van der Waals surface area (Å²) in [5, 5.41) is 18.3. The Labute approximate surface area is 157 Å². The number of rotatable bonds is 10. The largest absolute Gasteiger partial charge is 0.291 e. The quantitative estimate of drug-likeness (QED) is 0.432. The summed E-state index contributed by atoms with van der Waals surface area (Å²) in [6.45, 7) is 4.67. The molecule has 0 unspecified atom stereocenters. The molecule has 0 aliphatic heterocycles. The van der Waals surface area contributed by atoms with Gasteiger partial charge in [0.15, 0.2) is 0 Å². The third-order valence-corrected chi connectivity index (χ3v) is 4.21. The van der Waals surface area contributed by atoms with Crippen LogP contribution in [0.5, 0.6) is 0 Å². The normalized spacial score (nSPS) is 11.0. The molecule has 0 aliphatic rings. The molecule has 3 aromatic heterocycles. The predicted octanol–water partition coefficient (Wildman–Crippen LogP) is 2.62. The molecule has 0 saturated carbocycles. The van der Waals surface area contributed by atoms with Gasteiger partial charge in [-0.1, -0.05) is 32.8 Å². The molecule has 0 saturated heterocycles. The number of aromatic nitrogens is 8. The van der Waals surface area contributed by atoms with Crippen LogP contribution in [-0.4, -0.2) is 46.2 Å². The lowest BCUT2D eigenvalue weighted by molar-refractivity contribution is 0.0971. The van der Waals surface area contributed by atoms with E-state index >= 15 is 0 Å². The van der Waals surface area contributed by atoms with E-state index in [1.807, 2.05) is 23.7 Å². The van der Waals surface area contributed by atoms with E-state index in [-0.39, 0.29) is 5.78 Å². The smallest absolute Gasteiger partial charge is 0.222 e. The number of ketones is 1. The van der Waals surface area contributed by atoms with Crippen molar-refractivity contribution >= 4 is 5.78 Å². The van der Waals surface area contributed by atoms with Crippen molar-refractivity contribution in [2.24, 2.45) is 0 Å². The minimum absolute atomic E-state index is 0.00132. The maximum absolute atomic E-state index is 12.2. The molecule has 0 aromatic carbocycles. The van der Waals surface area contributed by atoms with Gasteiger partial charge in [-0.05, 0) is 29.7 Å². The first-order chi connectivity index (χ1) is 13.2. The summed E-state index contributed by atoms with van der Waals surface area (Å²) in [4.78, 5) is 21.1. The first-order valence-electron chi connectivity index (χ1n) is 9.37. The first-order valence-corrected chi connectivity index (χ1v) is 9.37. The number of nitrogens with one attached hydrogen (secondary N) is 1. The van der Waals surface area contributed by atoms with Crippen molar-refractivity contribution in [3.8, 4) is 11.5 Å². The Morgan fingerprint density at radius 1 is 1.19 bits per heavy atom. The van der Waals surface area contributed by atoms with Crippen LogP contribution in [0.3, 0.4) is 0 Å². The Hall–Kier alpha value is -2.97. The van der Waals surface area contributed by atoms with Crippen molar-refractivity contribution < 1.29 is 4.79 Å². The lowest BCUT2D eigenvalue weighted by atomic mass is 10.2. The number of hydrogen-bond donors (Lipinski definition) is 1. The third-order valence-electron chi connectivity index (χ3n) is 4.21. The van der Waals surface area contributed by atoms with Gasteiger partial charge in [0.1, 0.15) is 11.5 Å². The van der Waals surface area contributed by atoms with Gasteiger partial charge < -0.3 is 0 Å². The predicted molar refractivity (Wildman–Crippen MR) is 99.0 cm³/mol. The highest BCUT2D eigenvalue weighted by Gasteiger charge is 2.16. The molecule has 142 valence electrons. The van der Waals surface area contributed by atoms with Crippen LogP contribution in [0.25, 0.3) is 11.5 Å². The SMILES string of the molecule is CCCCCc1nc(C(=O)CCC)nn1Cc1ccc(-c2nn[nH]n2)nc1. The van der Waals surface area contributed by atoms with E-state index in [4.69, 9.17) is 0 Å². The number of carbonyl (C=O) groups excluding carboxylic acids is 1. The second-order valence-electron chi connectivity index (χ2n) is 6.43. The minimum atomic E-state index is -0.00132. The summed E-state index contributed by atoms with van der Waals surface area (Å²) in [7, 11) is 0. The number of unbranched alkanes of at least 4 members (excludes halogenated alkanes) is 2. The van der Waals surface area contributed by atoms with Crippen LogP contribution in [0.1, 0.15) is 68.0 Å². The molecule has 0 radical (unpaired) electrons. The molecule has 27 heavy (non-hydrogen) atoms. The zero-order valence-corrected chi connectivity index (χ0v) is 15.7. The van der Waals surface area contributed by atoms with E-state index in [0.29, 0.717) is 30.3 Å². The number of tetrazole rings is 1. The van der Waals surface area contributed by atoms with Crippen molar-refractivity contribution in [1.82, 2.24) is 40.4 Å². The van der Waals surface area contributed by atoms with E-state index in [9.17, 15) is 4.79 Å². The second-order valence-corrected chi connectivity index (χ2v) is 6.43. The van der Waals surface area contributed by atoms with Crippen LogP contribution in [-0.2, 0) is 13.0 Å². The molecule has 0 amide bonds. The molecular weight excluding hydrogens is 344 g/mol. The van der Waals surface area contributed by atoms with Gasteiger partial charge in [-0.25, -0.2) is 9.67 Å². The van der Waals surface area contributed by atoms with Gasteiger partial charge in [0, 0.05) is 19.0 Å². The second kappa shape index (κ2) is 9.11. The molecular formula is C18H24N8O. The fourth-order valence-electron chi connectivity index (χ4n) is 2.77. The highest BCUT2D eigenvalue weighted by molar-refractivity contribution is 5.92. The van der Waals surface area contributed by atoms with Crippen molar-refractivity contribution in [3.05, 3.63) is 35.5 Å². The van der Waals surface area contributed by atoms with E-state index in [1.165, 1.54) is 0 Å². The summed E-state index contributed by atoms with van der Waals surface area (Å²) in [6.07, 6.45) is 7.14. The maximum Gasteiger partial charge on any atom is 0.222 e. The van der Waals surface area contributed by atoms with Crippen molar-refractivity contribution in [1.29, 1.82) is 0 Å². The van der Waals surface area contributed by atoms with Crippen LogP contribution < -0.4 is 0 Å². The first kappa shape index (κ1) is 18.8. The zero-order valence-electron chi connectivity index (χ0n) is 15.7. The van der Waals surface area contributed by atoms with E-state index in [1.54, 1.807) is 6.20 Å². The van der Waals surface area contributed by atoms with Gasteiger partial charge in [-0.15, -0.1) is 15.3 Å². The van der Waals surface area contributed by atoms with Crippen LogP contribution in [0.15, 0.2) is 18.3 Å². The summed E-state index contributed by atoms with van der Waals surface area (Å²) >= 11 is 0. The number of H-pyrrole nitrogens is 1. The number of carbonyl (C=O) groups is 1. The molecule has 3 rings (SSSR count). The number of nitrogens with zero attached hydrogens (tertiary/aromatic N) is 7. The Kier molecular flexibility index (Phi) is 6.35. The zero-order chi connectivity index (χ0) is 19.1. The summed E-state index contributed by atoms with van der Waals surface area (Å²) in [6, 6.07) is 3.79. The Morgan fingerprint density at radius 2 is 2.07 bits per heavy atom. The summed E-state index contributed by atoms with van der Waals surface area (Å²) in [5.74, 6) is 1.62. The number of pyridine rings is 1. The van der Waals surface area contributed by atoms with Gasteiger partial charge in [0.2, 0.25) is 17.4 Å². The van der Waals surface area contributed by atoms with Crippen LogP contribution in [0, 0.1) is 0 Å². The van der Waals surface area contributed by atoms with E-state index < -0.39 is 0 Å². The molecule has 1 N–H and O–H groups in total. The Balaban J connectivity index is 1.78. The standard InChI is InChI=1S/C18H24N8O/c1-3-5-6-8-16-20-18(15(27)7-4-2)23-26(16)12-13-9-10-14(19-11-13)17-21-24-25-22-17/h9-11H,3-8,12H2,1-2H3,(H,21,22,24,25). The van der Waals surface area contributed by atoms with Crippen molar-refractivity contribution in [2.45, 2.75) is 58.9 Å². The van der Waals surface area contributed by atoms with E-state index in [0.717, 1.165) is 43.5 Å². The average Bonchev–Trinajstić information content (AvgIpc) is 3.34. The van der Waals surface area contributed by atoms with Gasteiger partial charge in [-0.2, -0.15) is 5.21 Å². The Bertz CT molecular complexity index is 854. The number of aryl methyl sites for hydroxylation is 1. The number of hydrogen-bond acceptors (Lipinski definition) is 7. The highest BCUT2D eigenvalue weighted by atomic mass is 16.1. The molecule has 3 aromatic rings. The van der Waals surface area contributed by atoms with Gasteiger partial charge in [0.05, 0.1) is 6.54 Å². The van der Waals surface area contributed by atoms with Crippen LogP contribution >= 0.6 is 0 Å². The fourth-order valence-corrected chi connectivity index (χ4v) is 2.77. The van der Waals surface area contributed by atoms with Crippen molar-refractivity contribution in [3.63, 3.8) is 0 Å². The average molecular weight is 368 g/mol. The van der Waals surface area contributed by atoms with Crippen LogP contribution in [0.4, 0.5) is 0 Å². The lowest BCUT2D eigenvalue weighted by Gasteiger charge is -2.06. The molecule has 0 fully saturated rings. The lowest BCUT2D eigenvalue weighted by Crippen LogP contribution is -2.08.